The summed E-state index contributed by atoms with van der Waals surface area (Å²) in [5.41, 5.74) is 14.0. The van der Waals surface area contributed by atoms with Crippen LogP contribution in [0.25, 0.3) is 5.69 Å². The maximum atomic E-state index is 12.8. The Labute approximate surface area is 241 Å². The van der Waals surface area contributed by atoms with E-state index < -0.39 is 11.2 Å². The number of fused-ring (bicyclic) bond motifs is 1. The molecular formula is C28H41ClN8O3. The number of rotatable bonds is 7. The normalized spacial score (nSPS) is 22.5. The van der Waals surface area contributed by atoms with Gasteiger partial charge in [0, 0.05) is 52.0 Å². The molecule has 0 radical (unpaired) electrons. The van der Waals surface area contributed by atoms with E-state index in [2.05, 4.69) is 28.2 Å². The predicted octanol–water partition coefficient (Wildman–Crippen LogP) is 1.20. The highest BCUT2D eigenvalue weighted by atomic mass is 35.5. The van der Waals surface area contributed by atoms with Crippen molar-refractivity contribution in [2.75, 3.05) is 57.7 Å². The van der Waals surface area contributed by atoms with Crippen LogP contribution in [0.4, 0.5) is 10.6 Å². The molecule has 1 saturated carbocycles. The molecule has 1 aliphatic carbocycles. The van der Waals surface area contributed by atoms with E-state index in [0.717, 1.165) is 49.8 Å². The van der Waals surface area contributed by atoms with Crippen LogP contribution in [-0.4, -0.2) is 94.1 Å². The molecule has 2 saturated heterocycles. The number of aromatic nitrogens is 2. The van der Waals surface area contributed by atoms with Crippen LogP contribution < -0.4 is 22.5 Å². The van der Waals surface area contributed by atoms with E-state index in [9.17, 15) is 14.4 Å². The Morgan fingerprint density at radius 2 is 1.85 bits per heavy atom. The van der Waals surface area contributed by atoms with E-state index in [1.165, 1.54) is 16.6 Å². The van der Waals surface area contributed by atoms with Crippen LogP contribution in [-0.2, 0) is 11.2 Å². The molecule has 1 aromatic heterocycles. The number of hydrogen-bond donors (Lipinski definition) is 3. The highest BCUT2D eigenvalue weighted by Gasteiger charge is 2.58. The second-order valence-electron chi connectivity index (χ2n) is 12.0. The van der Waals surface area contributed by atoms with Gasteiger partial charge in [0.2, 0.25) is 5.91 Å². The number of hydrogen-bond acceptors (Lipinski definition) is 7. The fraction of sp³-hybridized carbons (Fsp3) is 0.571. The Morgan fingerprint density at radius 1 is 1.15 bits per heavy atom. The summed E-state index contributed by atoms with van der Waals surface area (Å²) >= 11 is 0. The number of nitrogens with one attached hydrogen (secondary N) is 1. The zero-order chi connectivity index (χ0) is 27.9. The molecule has 5 N–H and O–H groups in total. The first kappa shape index (κ1) is 30.0. The number of piperazine rings is 1. The van der Waals surface area contributed by atoms with E-state index >= 15 is 0 Å². The van der Waals surface area contributed by atoms with Gasteiger partial charge in [-0.05, 0) is 80.8 Å². The van der Waals surface area contributed by atoms with Gasteiger partial charge in [0.15, 0.2) is 0 Å². The number of likely N-dealkylation sites (tertiary alicyclic amines) is 1. The number of nitrogens with zero attached hydrogens (tertiary/aromatic N) is 5. The largest absolute Gasteiger partial charge is 0.354 e. The van der Waals surface area contributed by atoms with E-state index in [1.807, 2.05) is 12.1 Å². The Hall–Kier alpha value is -2.99. The minimum absolute atomic E-state index is 0. The predicted molar refractivity (Wildman–Crippen MR) is 157 cm³/mol. The molecule has 3 aliphatic rings. The number of piperidine rings is 1. The van der Waals surface area contributed by atoms with Crippen LogP contribution in [0.1, 0.15) is 31.4 Å². The molecule has 1 aromatic carbocycles. The lowest BCUT2D eigenvalue weighted by Crippen LogP contribution is -2.58. The molecule has 3 fully saturated rings. The number of halogens is 1. The Morgan fingerprint density at radius 3 is 2.45 bits per heavy atom. The van der Waals surface area contributed by atoms with E-state index in [0.29, 0.717) is 31.6 Å². The summed E-state index contributed by atoms with van der Waals surface area (Å²) in [6.07, 6.45) is 3.87. The van der Waals surface area contributed by atoms with Gasteiger partial charge in [-0.1, -0.05) is 6.07 Å². The van der Waals surface area contributed by atoms with Crippen molar-refractivity contribution in [3.05, 3.63) is 52.1 Å². The summed E-state index contributed by atoms with van der Waals surface area (Å²) in [6, 6.07) is 7.29. The molecule has 12 heteroatoms. The third kappa shape index (κ3) is 6.17. The summed E-state index contributed by atoms with van der Waals surface area (Å²) in [4.78, 5) is 47.8. The standard InChI is InChI=1S/C28H40N8O3.ClH/c1-19-14-22(5-4-20(19)6-8-33-16-21-15-28(21,17-29)18-33)36-9-7-23(32-26(36)39)31-25(38)35-12-10-34(11-13-35)24(37)27(2,3)30;/h4-5,7,9,14,21H,6,8,10-13,15-18,29-30H2,1-3H3,(H,31,32,38,39);1H. The highest BCUT2D eigenvalue weighted by molar-refractivity contribution is 5.89. The molecular weight excluding hydrogens is 532 g/mol. The Balaban J connectivity index is 0.00000370. The first-order valence-electron chi connectivity index (χ1n) is 13.8. The molecule has 2 atom stereocenters. The molecule has 2 unspecified atom stereocenters. The van der Waals surface area contributed by atoms with Gasteiger partial charge >= 0.3 is 11.7 Å². The van der Waals surface area contributed by atoms with E-state index in [4.69, 9.17) is 11.5 Å². The molecule has 2 aromatic rings. The van der Waals surface area contributed by atoms with Gasteiger partial charge in [-0.2, -0.15) is 4.98 Å². The third-order valence-corrected chi connectivity index (χ3v) is 8.53. The molecule has 3 amide bonds. The lowest BCUT2D eigenvalue weighted by atomic mass is 10.0. The lowest BCUT2D eigenvalue weighted by Gasteiger charge is -2.37. The SMILES string of the molecule is Cc1cc(-n2ccc(NC(=O)N3CCN(C(=O)C(C)(C)N)CC3)nc2=O)ccc1CCN1CC2CC2(CN)C1.Cl. The van der Waals surface area contributed by atoms with Gasteiger partial charge in [0.1, 0.15) is 5.82 Å². The first-order chi connectivity index (χ1) is 18.5. The monoisotopic (exact) mass is 572 g/mol. The quantitative estimate of drug-likeness (QED) is 0.452. The van der Waals surface area contributed by atoms with Crippen LogP contribution in [0.2, 0.25) is 0 Å². The molecule has 2 aliphatic heterocycles. The Kier molecular flexibility index (Phi) is 8.60. The molecule has 3 heterocycles. The van der Waals surface area contributed by atoms with Crippen molar-refractivity contribution in [3.63, 3.8) is 0 Å². The number of anilines is 1. The summed E-state index contributed by atoms with van der Waals surface area (Å²) < 4.78 is 1.48. The fourth-order valence-electron chi connectivity index (χ4n) is 5.96. The van der Waals surface area contributed by atoms with Crippen molar-refractivity contribution < 1.29 is 9.59 Å². The first-order valence-corrected chi connectivity index (χ1v) is 13.8. The number of amides is 3. The van der Waals surface area contributed by atoms with Crippen molar-refractivity contribution in [1.29, 1.82) is 0 Å². The molecule has 218 valence electrons. The van der Waals surface area contributed by atoms with Gasteiger partial charge in [-0.25, -0.2) is 9.59 Å². The van der Waals surface area contributed by atoms with E-state index in [-0.39, 0.29) is 30.2 Å². The maximum absolute atomic E-state index is 12.8. The number of carbonyl (C=O) groups excluding carboxylic acids is 2. The van der Waals surface area contributed by atoms with Crippen LogP contribution in [0, 0.1) is 18.3 Å². The maximum Gasteiger partial charge on any atom is 0.354 e. The average molecular weight is 573 g/mol. The molecule has 0 bridgehead atoms. The summed E-state index contributed by atoms with van der Waals surface area (Å²) in [6.45, 7) is 11.1. The number of benzene rings is 1. The van der Waals surface area contributed by atoms with Gasteiger partial charge < -0.3 is 26.2 Å². The summed E-state index contributed by atoms with van der Waals surface area (Å²) in [5, 5.41) is 2.70. The Bertz CT molecular complexity index is 1310. The molecule has 11 nitrogen and oxygen atoms in total. The highest BCUT2D eigenvalue weighted by Crippen LogP contribution is 2.56. The topological polar surface area (TPSA) is 143 Å². The van der Waals surface area contributed by atoms with Gasteiger partial charge in [0.05, 0.1) is 11.2 Å². The molecule has 5 rings (SSSR count). The number of urea groups is 1. The van der Waals surface area contributed by atoms with Crippen LogP contribution in [0.3, 0.4) is 0 Å². The van der Waals surface area contributed by atoms with Crippen molar-refractivity contribution >= 4 is 30.2 Å². The third-order valence-electron chi connectivity index (χ3n) is 8.53. The van der Waals surface area contributed by atoms with Crippen molar-refractivity contribution in [2.24, 2.45) is 22.8 Å². The number of nitrogens with two attached hydrogens (primary N) is 2. The van der Waals surface area contributed by atoms with Gasteiger partial charge in [-0.3, -0.25) is 14.7 Å². The van der Waals surface area contributed by atoms with Crippen LogP contribution in [0.15, 0.2) is 35.3 Å². The average Bonchev–Trinajstić information content (AvgIpc) is 3.47. The van der Waals surface area contributed by atoms with Crippen molar-refractivity contribution in [2.45, 2.75) is 39.2 Å². The van der Waals surface area contributed by atoms with Crippen LogP contribution in [0.5, 0.6) is 0 Å². The lowest BCUT2D eigenvalue weighted by molar-refractivity contribution is -0.137. The van der Waals surface area contributed by atoms with E-state index in [1.54, 1.807) is 35.9 Å². The summed E-state index contributed by atoms with van der Waals surface area (Å²) in [7, 11) is 0. The number of carbonyl (C=O) groups is 2. The minimum atomic E-state index is -0.945. The molecule has 40 heavy (non-hydrogen) atoms. The van der Waals surface area contributed by atoms with Crippen molar-refractivity contribution in [3.8, 4) is 5.69 Å². The fourth-order valence-corrected chi connectivity index (χ4v) is 5.96. The van der Waals surface area contributed by atoms with Gasteiger partial charge in [-0.15, -0.1) is 12.4 Å². The van der Waals surface area contributed by atoms with Gasteiger partial charge in [0.25, 0.3) is 0 Å². The summed E-state index contributed by atoms with van der Waals surface area (Å²) in [5.74, 6) is 0.831. The zero-order valence-corrected chi connectivity index (χ0v) is 24.4. The second-order valence-corrected chi connectivity index (χ2v) is 12.0. The van der Waals surface area contributed by atoms with Crippen molar-refractivity contribution in [1.82, 2.24) is 24.3 Å². The molecule has 0 spiro atoms. The number of aryl methyl sites for hydroxylation is 1. The minimum Gasteiger partial charge on any atom is -0.338 e. The smallest absolute Gasteiger partial charge is 0.338 e. The van der Waals surface area contributed by atoms with Crippen LogP contribution >= 0.6 is 12.4 Å². The zero-order valence-electron chi connectivity index (χ0n) is 23.6. The second kappa shape index (κ2) is 11.5.